The smallest absolute Gasteiger partial charge is 0.163 e. The van der Waals surface area contributed by atoms with Crippen LogP contribution in [0.2, 0.25) is 10.0 Å². The van der Waals surface area contributed by atoms with Crippen LogP contribution in [0.1, 0.15) is 0 Å². The number of halogens is 2. The number of benzene rings is 2. The third-order valence-corrected chi connectivity index (χ3v) is 4.49. The van der Waals surface area contributed by atoms with Gasteiger partial charge in [0.25, 0.3) is 0 Å². The summed E-state index contributed by atoms with van der Waals surface area (Å²) in [7, 11) is 0. The van der Waals surface area contributed by atoms with Crippen molar-refractivity contribution in [2.75, 3.05) is 18.4 Å². The lowest BCUT2D eigenvalue weighted by Gasteiger charge is -2.11. The summed E-state index contributed by atoms with van der Waals surface area (Å²) in [5, 5.41) is 4.29. The number of anilines is 1. The van der Waals surface area contributed by atoms with Gasteiger partial charge in [0.1, 0.15) is 11.7 Å². The standard InChI is InChI=1S/C21H20Cl2N6/c22-15-6-7-16(17(23)12-15)21-28-18(14-4-2-1-3-5-14)13-20(29-21)27-11-10-26-19(25)8-9-24/h1-9,12-13H,10-11,24H2,(H2,25,26)(H,27,28,29). The van der Waals surface area contributed by atoms with E-state index in [-0.39, 0.29) is 0 Å². The molecule has 148 valence electrons. The molecule has 2 aromatic carbocycles. The van der Waals surface area contributed by atoms with E-state index in [9.17, 15) is 0 Å². The van der Waals surface area contributed by atoms with Gasteiger partial charge in [0.2, 0.25) is 0 Å². The minimum atomic E-state index is 0.371. The molecular formula is C21H20Cl2N6. The summed E-state index contributed by atoms with van der Waals surface area (Å²) < 4.78 is 0. The van der Waals surface area contributed by atoms with Crippen LogP contribution in [-0.2, 0) is 0 Å². The topological polar surface area (TPSA) is 102 Å². The van der Waals surface area contributed by atoms with E-state index >= 15 is 0 Å². The van der Waals surface area contributed by atoms with Crippen LogP contribution in [0, 0.1) is 0 Å². The van der Waals surface area contributed by atoms with E-state index < -0.39 is 0 Å². The van der Waals surface area contributed by atoms with Crippen molar-refractivity contribution in [2.45, 2.75) is 0 Å². The molecule has 0 spiro atoms. The molecule has 0 unspecified atom stereocenters. The van der Waals surface area contributed by atoms with Crippen LogP contribution >= 0.6 is 23.2 Å². The van der Waals surface area contributed by atoms with Gasteiger partial charge >= 0.3 is 0 Å². The lowest BCUT2D eigenvalue weighted by atomic mass is 10.1. The summed E-state index contributed by atoms with van der Waals surface area (Å²) in [6, 6.07) is 17.0. The van der Waals surface area contributed by atoms with Gasteiger partial charge in [-0.25, -0.2) is 9.97 Å². The Kier molecular flexibility index (Phi) is 7.05. The molecule has 0 aliphatic rings. The zero-order valence-corrected chi connectivity index (χ0v) is 17.0. The number of nitrogens with two attached hydrogens (primary N) is 2. The molecular weight excluding hydrogens is 407 g/mol. The van der Waals surface area contributed by atoms with E-state index in [1.807, 2.05) is 42.5 Å². The highest BCUT2D eigenvalue weighted by molar-refractivity contribution is 6.36. The van der Waals surface area contributed by atoms with Gasteiger partial charge < -0.3 is 16.8 Å². The lowest BCUT2D eigenvalue weighted by molar-refractivity contribution is 1.00. The van der Waals surface area contributed by atoms with Crippen molar-refractivity contribution in [3.8, 4) is 22.6 Å². The molecule has 8 heteroatoms. The highest BCUT2D eigenvalue weighted by Gasteiger charge is 2.12. The molecule has 0 bridgehead atoms. The largest absolute Gasteiger partial charge is 0.404 e. The van der Waals surface area contributed by atoms with Gasteiger partial charge in [0.05, 0.1) is 17.3 Å². The first-order chi connectivity index (χ1) is 14.1. The average molecular weight is 427 g/mol. The molecule has 3 aromatic rings. The first kappa shape index (κ1) is 20.6. The second kappa shape index (κ2) is 9.91. The average Bonchev–Trinajstić information content (AvgIpc) is 2.72. The number of aromatic nitrogens is 2. The van der Waals surface area contributed by atoms with Gasteiger partial charge in [-0.1, -0.05) is 53.5 Å². The Balaban J connectivity index is 1.92. The second-order valence-electron chi connectivity index (χ2n) is 6.04. The summed E-state index contributed by atoms with van der Waals surface area (Å²) in [5.74, 6) is 1.53. The SMILES string of the molecule is NC=CC(N)=NCCNc1cc(-c2ccccc2)nc(-c2ccc(Cl)cc2Cl)n1. The normalized spacial score (nSPS) is 11.7. The van der Waals surface area contributed by atoms with E-state index in [1.54, 1.807) is 18.2 Å². The number of nitrogens with zero attached hydrogens (tertiary/aromatic N) is 3. The van der Waals surface area contributed by atoms with Crippen molar-refractivity contribution in [1.29, 1.82) is 0 Å². The van der Waals surface area contributed by atoms with E-state index in [0.29, 0.717) is 46.2 Å². The molecule has 0 aliphatic carbocycles. The van der Waals surface area contributed by atoms with E-state index in [4.69, 9.17) is 39.7 Å². The van der Waals surface area contributed by atoms with Crippen LogP contribution in [0.4, 0.5) is 5.82 Å². The fraction of sp³-hybridized carbons (Fsp3) is 0.0952. The molecule has 0 aliphatic heterocycles. The number of hydrogen-bond acceptors (Lipinski definition) is 5. The van der Waals surface area contributed by atoms with Crippen molar-refractivity contribution in [2.24, 2.45) is 16.5 Å². The van der Waals surface area contributed by atoms with Crippen LogP contribution in [0.3, 0.4) is 0 Å². The van der Waals surface area contributed by atoms with Gasteiger partial charge in [-0.2, -0.15) is 0 Å². The summed E-state index contributed by atoms with van der Waals surface area (Å²) in [6.45, 7) is 1.01. The molecule has 0 atom stereocenters. The lowest BCUT2D eigenvalue weighted by Crippen LogP contribution is -2.13. The second-order valence-corrected chi connectivity index (χ2v) is 6.89. The number of rotatable bonds is 7. The fourth-order valence-corrected chi connectivity index (χ4v) is 3.10. The van der Waals surface area contributed by atoms with Gasteiger partial charge in [0.15, 0.2) is 5.82 Å². The van der Waals surface area contributed by atoms with Crippen LogP contribution in [0.15, 0.2) is 71.9 Å². The molecule has 29 heavy (non-hydrogen) atoms. The van der Waals surface area contributed by atoms with Crippen molar-refractivity contribution < 1.29 is 0 Å². The maximum absolute atomic E-state index is 6.37. The van der Waals surface area contributed by atoms with Crippen LogP contribution in [0.5, 0.6) is 0 Å². The summed E-state index contributed by atoms with van der Waals surface area (Å²) in [5.41, 5.74) is 13.4. The molecule has 3 rings (SSSR count). The minimum absolute atomic E-state index is 0.371. The molecule has 0 amide bonds. The Morgan fingerprint density at radius 2 is 1.86 bits per heavy atom. The van der Waals surface area contributed by atoms with Crippen molar-refractivity contribution in [3.05, 3.63) is 76.9 Å². The van der Waals surface area contributed by atoms with Gasteiger partial charge in [0, 0.05) is 28.8 Å². The Hall–Kier alpha value is -3.09. The molecule has 0 radical (unpaired) electrons. The van der Waals surface area contributed by atoms with Gasteiger partial charge in [-0.3, -0.25) is 4.99 Å². The maximum Gasteiger partial charge on any atom is 0.163 e. The Labute approximate surface area is 179 Å². The maximum atomic E-state index is 6.37. The summed E-state index contributed by atoms with van der Waals surface area (Å²) in [4.78, 5) is 13.5. The highest BCUT2D eigenvalue weighted by atomic mass is 35.5. The third kappa shape index (κ3) is 5.70. The quantitative estimate of drug-likeness (QED) is 0.295. The number of hydrogen-bond donors (Lipinski definition) is 3. The Bertz CT molecular complexity index is 1030. The molecule has 0 fully saturated rings. The monoisotopic (exact) mass is 426 g/mol. The van der Waals surface area contributed by atoms with E-state index in [0.717, 1.165) is 11.3 Å². The number of aliphatic imine (C=N–C) groups is 1. The van der Waals surface area contributed by atoms with E-state index in [1.165, 1.54) is 6.20 Å². The number of amidine groups is 1. The molecule has 1 heterocycles. The molecule has 5 N–H and O–H groups in total. The van der Waals surface area contributed by atoms with Gasteiger partial charge in [-0.15, -0.1) is 0 Å². The zero-order chi connectivity index (χ0) is 20.6. The van der Waals surface area contributed by atoms with Crippen LogP contribution in [-0.4, -0.2) is 28.9 Å². The van der Waals surface area contributed by atoms with Crippen molar-refractivity contribution in [3.63, 3.8) is 0 Å². The minimum Gasteiger partial charge on any atom is -0.404 e. The first-order valence-corrected chi connectivity index (χ1v) is 9.64. The Morgan fingerprint density at radius 3 is 2.59 bits per heavy atom. The van der Waals surface area contributed by atoms with Crippen molar-refractivity contribution in [1.82, 2.24) is 9.97 Å². The first-order valence-electron chi connectivity index (χ1n) is 8.89. The highest BCUT2D eigenvalue weighted by Crippen LogP contribution is 2.30. The molecule has 0 saturated carbocycles. The van der Waals surface area contributed by atoms with Crippen LogP contribution in [0.25, 0.3) is 22.6 Å². The van der Waals surface area contributed by atoms with Gasteiger partial charge in [-0.05, 0) is 30.5 Å². The molecule has 6 nitrogen and oxygen atoms in total. The zero-order valence-electron chi connectivity index (χ0n) is 15.5. The Morgan fingerprint density at radius 1 is 1.07 bits per heavy atom. The van der Waals surface area contributed by atoms with Crippen molar-refractivity contribution >= 4 is 34.9 Å². The molecule has 0 saturated heterocycles. The van der Waals surface area contributed by atoms with E-state index in [2.05, 4.69) is 15.3 Å². The number of nitrogens with one attached hydrogen (secondary N) is 1. The van der Waals surface area contributed by atoms with Crippen LogP contribution < -0.4 is 16.8 Å². The predicted octanol–water partition coefficient (Wildman–Crippen LogP) is 4.36. The summed E-state index contributed by atoms with van der Waals surface area (Å²) >= 11 is 12.4. The summed E-state index contributed by atoms with van der Waals surface area (Å²) in [6.07, 6.45) is 2.89. The third-order valence-electron chi connectivity index (χ3n) is 3.95. The molecule has 1 aromatic heterocycles. The fourth-order valence-electron chi connectivity index (χ4n) is 2.61. The predicted molar refractivity (Wildman–Crippen MR) is 121 cm³/mol.